The van der Waals surface area contributed by atoms with Crippen LogP contribution in [0.4, 0.5) is 0 Å². The number of aliphatic hydroxyl groups is 1. The maximum absolute atomic E-state index is 11.4. The van der Waals surface area contributed by atoms with Crippen molar-refractivity contribution < 1.29 is 52.5 Å². The molecule has 0 aromatic heterocycles. The molecule has 0 fully saturated rings. The lowest BCUT2D eigenvalue weighted by molar-refractivity contribution is -0.139. The second kappa shape index (κ2) is 29.1. The van der Waals surface area contributed by atoms with Gasteiger partial charge in [-0.25, -0.2) is 4.79 Å². The fourth-order valence-electron chi connectivity index (χ4n) is 2.26. The van der Waals surface area contributed by atoms with E-state index in [1.165, 1.54) is 0 Å². The third-order valence-corrected chi connectivity index (χ3v) is 4.26. The van der Waals surface area contributed by atoms with Crippen molar-refractivity contribution >= 4 is 5.97 Å². The van der Waals surface area contributed by atoms with Crippen LogP contribution in [-0.4, -0.2) is 130 Å². The summed E-state index contributed by atoms with van der Waals surface area (Å²) in [5.41, 5.74) is 0.608. The van der Waals surface area contributed by atoms with Crippen LogP contribution < -0.4 is 0 Å². The largest absolute Gasteiger partial charge is 0.462 e. The van der Waals surface area contributed by atoms with Gasteiger partial charge < -0.3 is 47.7 Å². The number of hydrogen-bond acceptors (Lipinski definition) is 11. The molecule has 0 aromatic rings. The van der Waals surface area contributed by atoms with Gasteiger partial charge in [0.2, 0.25) is 0 Å². The lowest BCUT2D eigenvalue weighted by Crippen LogP contribution is -2.15. The van der Waals surface area contributed by atoms with Crippen molar-refractivity contribution in [2.24, 2.45) is 0 Å². The molecular formula is C24H46O11. The third kappa shape index (κ3) is 27.3. The number of aliphatic hydroxyl groups excluding tert-OH is 1. The highest BCUT2D eigenvalue weighted by molar-refractivity contribution is 5.87. The van der Waals surface area contributed by atoms with Gasteiger partial charge in [0.1, 0.15) is 0 Å². The second-order valence-corrected chi connectivity index (χ2v) is 7.08. The van der Waals surface area contributed by atoms with Crippen LogP contribution in [0, 0.1) is 0 Å². The second-order valence-electron chi connectivity index (χ2n) is 7.08. The molecular weight excluding hydrogens is 464 g/mol. The van der Waals surface area contributed by atoms with Gasteiger partial charge in [-0.3, -0.25) is 0 Å². The van der Waals surface area contributed by atoms with E-state index >= 15 is 0 Å². The van der Waals surface area contributed by atoms with Crippen molar-refractivity contribution in [3.05, 3.63) is 11.6 Å². The highest BCUT2D eigenvalue weighted by Gasteiger charge is 2.03. The molecule has 0 spiro atoms. The summed E-state index contributed by atoms with van der Waals surface area (Å²) in [6.45, 7) is 11.7. The number of hydrogen-bond donors (Lipinski definition) is 1. The fraction of sp³-hybridized carbons (Fsp3) is 0.875. The van der Waals surface area contributed by atoms with Crippen molar-refractivity contribution in [2.75, 3.05) is 119 Å². The zero-order chi connectivity index (χ0) is 25.7. The Bertz CT molecular complexity index is 474. The van der Waals surface area contributed by atoms with Crippen molar-refractivity contribution in [2.45, 2.75) is 20.3 Å². The minimum atomic E-state index is -0.284. The van der Waals surface area contributed by atoms with E-state index in [1.54, 1.807) is 19.9 Å². The summed E-state index contributed by atoms with van der Waals surface area (Å²) in [6, 6.07) is 0. The van der Waals surface area contributed by atoms with Crippen LogP contribution in [0.1, 0.15) is 20.3 Å². The van der Waals surface area contributed by atoms with Gasteiger partial charge in [0, 0.05) is 18.6 Å². The number of carbonyl (C=O) groups excluding carboxylic acids is 1. The molecule has 0 unspecified atom stereocenters. The van der Waals surface area contributed by atoms with Gasteiger partial charge in [-0.05, 0) is 13.8 Å². The zero-order valence-electron chi connectivity index (χ0n) is 21.5. The topological polar surface area (TPSA) is 120 Å². The number of allylic oxidation sites excluding steroid dienone is 1. The van der Waals surface area contributed by atoms with Crippen LogP contribution in [0.3, 0.4) is 0 Å². The molecule has 0 aromatic carbocycles. The molecule has 0 saturated carbocycles. The number of carbonyl (C=O) groups is 1. The smallest absolute Gasteiger partial charge is 0.333 e. The minimum absolute atomic E-state index is 0.0250. The quantitative estimate of drug-likeness (QED) is 0.0922. The summed E-state index contributed by atoms with van der Waals surface area (Å²) in [6.07, 6.45) is 2.38. The summed E-state index contributed by atoms with van der Waals surface area (Å²) >= 11 is 0. The highest BCUT2D eigenvalue weighted by Crippen LogP contribution is 1.97. The van der Waals surface area contributed by atoms with Crippen LogP contribution in [0.5, 0.6) is 0 Å². The predicted molar refractivity (Wildman–Crippen MR) is 129 cm³/mol. The van der Waals surface area contributed by atoms with E-state index in [0.717, 1.165) is 0 Å². The molecule has 0 amide bonds. The lowest BCUT2D eigenvalue weighted by atomic mass is 10.3. The van der Waals surface area contributed by atoms with Gasteiger partial charge in [0.15, 0.2) is 0 Å². The average molecular weight is 511 g/mol. The first-order valence-electron chi connectivity index (χ1n) is 12.2. The van der Waals surface area contributed by atoms with Crippen LogP contribution in [0.2, 0.25) is 0 Å². The molecule has 35 heavy (non-hydrogen) atoms. The van der Waals surface area contributed by atoms with E-state index in [-0.39, 0.29) is 12.6 Å². The summed E-state index contributed by atoms with van der Waals surface area (Å²) in [4.78, 5) is 11.4. The molecule has 0 heterocycles. The molecule has 0 bridgehead atoms. The Morgan fingerprint density at radius 1 is 0.543 bits per heavy atom. The van der Waals surface area contributed by atoms with Gasteiger partial charge in [-0.15, -0.1) is 0 Å². The van der Waals surface area contributed by atoms with E-state index in [4.69, 9.17) is 47.7 Å². The first-order valence-corrected chi connectivity index (χ1v) is 12.2. The monoisotopic (exact) mass is 510 g/mol. The Balaban J connectivity index is 3.08. The fourth-order valence-corrected chi connectivity index (χ4v) is 2.26. The highest BCUT2D eigenvalue weighted by atomic mass is 16.6. The molecule has 0 aliphatic heterocycles. The maximum Gasteiger partial charge on any atom is 0.333 e. The van der Waals surface area contributed by atoms with E-state index in [1.807, 2.05) is 0 Å². The molecule has 1 N–H and O–H groups in total. The molecule has 0 atom stereocenters. The van der Waals surface area contributed by atoms with E-state index in [9.17, 15) is 4.79 Å². The molecule has 0 aliphatic rings. The molecule has 0 radical (unpaired) electrons. The Kier molecular flexibility index (Phi) is 28.1. The van der Waals surface area contributed by atoms with Gasteiger partial charge >= 0.3 is 5.97 Å². The SMILES string of the molecule is CC=C(C)C(=O)OCCCOCCOCCOCCOCCOCCOCCOCCOCCO. The lowest BCUT2D eigenvalue weighted by Gasteiger charge is -2.09. The molecule has 0 aliphatic carbocycles. The molecule has 11 heteroatoms. The first-order chi connectivity index (χ1) is 17.2. The van der Waals surface area contributed by atoms with Crippen LogP contribution in [0.15, 0.2) is 11.6 Å². The summed E-state index contributed by atoms with van der Waals surface area (Å²) in [5, 5.41) is 8.55. The standard InChI is InChI=1S/C24H46O11/c1-3-23(2)24(26)35-7-4-6-27-9-11-29-13-15-31-17-19-33-21-22-34-20-18-32-16-14-30-12-10-28-8-5-25/h3,25H,4-22H2,1-2H3. The zero-order valence-corrected chi connectivity index (χ0v) is 21.5. The van der Waals surface area contributed by atoms with E-state index in [2.05, 4.69) is 0 Å². The van der Waals surface area contributed by atoms with Crippen molar-refractivity contribution in [1.29, 1.82) is 0 Å². The maximum atomic E-state index is 11.4. The molecule has 0 saturated heterocycles. The number of ether oxygens (including phenoxy) is 9. The molecule has 11 nitrogen and oxygen atoms in total. The Morgan fingerprint density at radius 3 is 1.17 bits per heavy atom. The van der Waals surface area contributed by atoms with Gasteiger partial charge in [0.05, 0.1) is 112 Å². The van der Waals surface area contributed by atoms with Crippen molar-refractivity contribution in [1.82, 2.24) is 0 Å². The third-order valence-electron chi connectivity index (χ3n) is 4.26. The number of rotatable bonds is 28. The van der Waals surface area contributed by atoms with Gasteiger partial charge in [-0.1, -0.05) is 6.08 Å². The summed E-state index contributed by atoms with van der Waals surface area (Å²) in [7, 11) is 0. The van der Waals surface area contributed by atoms with E-state index in [0.29, 0.717) is 124 Å². The first kappa shape index (κ1) is 33.8. The van der Waals surface area contributed by atoms with Crippen LogP contribution >= 0.6 is 0 Å². The molecule has 0 rings (SSSR count). The normalized spacial score (nSPS) is 11.8. The summed E-state index contributed by atoms with van der Waals surface area (Å²) < 4.78 is 47.9. The Labute approximate surface area is 209 Å². The van der Waals surface area contributed by atoms with Gasteiger partial charge in [-0.2, -0.15) is 0 Å². The molecule has 208 valence electrons. The van der Waals surface area contributed by atoms with Gasteiger partial charge in [0.25, 0.3) is 0 Å². The van der Waals surface area contributed by atoms with Crippen LogP contribution in [0.25, 0.3) is 0 Å². The van der Waals surface area contributed by atoms with Crippen molar-refractivity contribution in [3.8, 4) is 0 Å². The average Bonchev–Trinajstić information content (AvgIpc) is 2.87. The number of esters is 1. The minimum Gasteiger partial charge on any atom is -0.462 e. The van der Waals surface area contributed by atoms with Crippen LogP contribution in [-0.2, 0) is 47.4 Å². The Hall–Kier alpha value is -1.15. The van der Waals surface area contributed by atoms with Crippen molar-refractivity contribution in [3.63, 3.8) is 0 Å². The predicted octanol–water partition coefficient (Wildman–Crippen LogP) is 1.01. The Morgan fingerprint density at radius 2 is 0.857 bits per heavy atom. The summed E-state index contributed by atoms with van der Waals surface area (Å²) in [5.74, 6) is -0.284. The van der Waals surface area contributed by atoms with E-state index < -0.39 is 0 Å².